The number of hydrogen-bond acceptors (Lipinski definition) is 7. The second-order valence-electron chi connectivity index (χ2n) is 8.76. The van der Waals surface area contributed by atoms with Gasteiger partial charge in [0.15, 0.2) is 5.78 Å². The molecule has 0 radical (unpaired) electrons. The van der Waals surface area contributed by atoms with Crippen LogP contribution >= 0.6 is 0 Å². The quantitative estimate of drug-likeness (QED) is 0.508. The second kappa shape index (κ2) is 9.48. The van der Waals surface area contributed by atoms with Crippen molar-refractivity contribution < 1.29 is 18.7 Å². The minimum absolute atomic E-state index is 0.00113. The second-order valence-corrected chi connectivity index (χ2v) is 8.76. The molecule has 2 unspecified atom stereocenters. The zero-order chi connectivity index (χ0) is 23.7. The lowest BCUT2D eigenvalue weighted by molar-refractivity contribution is -0.114. The summed E-state index contributed by atoms with van der Waals surface area (Å²) >= 11 is 0. The molecule has 2 aliphatic rings. The number of benzene rings is 2. The molecule has 2 atom stereocenters. The number of nitrogens with one attached hydrogen (secondary N) is 1. The fourth-order valence-electron chi connectivity index (χ4n) is 4.60. The first kappa shape index (κ1) is 22.4. The molecule has 2 saturated heterocycles. The molecule has 176 valence electrons. The van der Waals surface area contributed by atoms with Gasteiger partial charge in [-0.2, -0.15) is 0 Å². The smallest absolute Gasteiger partial charge is 0.159 e. The predicted molar refractivity (Wildman–Crippen MR) is 128 cm³/mol. The maximum Gasteiger partial charge on any atom is 0.159 e. The summed E-state index contributed by atoms with van der Waals surface area (Å²) in [4.78, 5) is 23.8. The van der Waals surface area contributed by atoms with Crippen molar-refractivity contribution in [3.8, 4) is 5.75 Å². The van der Waals surface area contributed by atoms with Gasteiger partial charge in [-0.3, -0.25) is 9.69 Å². The maximum atomic E-state index is 13.7. The van der Waals surface area contributed by atoms with E-state index >= 15 is 0 Å². The SMILES string of the molecule is COc1cc2ncnc(Nc3ccc(F)c(C)c3)c2cc1CC(=O)/C=C/CN1CCC2OCC21. The van der Waals surface area contributed by atoms with Crippen molar-refractivity contribution in [1.82, 2.24) is 14.9 Å². The standard InChI is InChI=1S/C26H27FN4O3/c1-16-10-18(5-6-21(16)27)30-26-20-12-17(25(33-2)13-22(20)28-15-29-26)11-19(32)4-3-8-31-9-7-24-23(31)14-34-24/h3-6,10,12-13,15,23-24H,7-9,11,14H2,1-2H3,(H,28,29,30)/b4-3+. The van der Waals surface area contributed by atoms with E-state index in [0.29, 0.717) is 34.8 Å². The van der Waals surface area contributed by atoms with Crippen LogP contribution in [-0.2, 0) is 16.0 Å². The van der Waals surface area contributed by atoms with Crippen molar-refractivity contribution >= 4 is 28.2 Å². The van der Waals surface area contributed by atoms with Gasteiger partial charge in [0.05, 0.1) is 31.4 Å². The summed E-state index contributed by atoms with van der Waals surface area (Å²) in [6, 6.07) is 8.99. The first-order chi connectivity index (χ1) is 16.5. The van der Waals surface area contributed by atoms with E-state index in [1.54, 1.807) is 32.2 Å². The van der Waals surface area contributed by atoms with Crippen LogP contribution in [0.5, 0.6) is 5.75 Å². The van der Waals surface area contributed by atoms with Crippen LogP contribution in [0.4, 0.5) is 15.9 Å². The highest BCUT2D eigenvalue weighted by molar-refractivity contribution is 5.96. The molecule has 3 heterocycles. The molecule has 0 amide bonds. The molecule has 0 spiro atoms. The number of ether oxygens (including phenoxy) is 2. The van der Waals surface area contributed by atoms with Gasteiger partial charge in [0.25, 0.3) is 0 Å². The molecule has 7 nitrogen and oxygen atoms in total. The van der Waals surface area contributed by atoms with Crippen molar-refractivity contribution in [2.75, 3.05) is 32.1 Å². The predicted octanol–water partition coefficient (Wildman–Crippen LogP) is 3.97. The van der Waals surface area contributed by atoms with E-state index in [-0.39, 0.29) is 18.0 Å². The summed E-state index contributed by atoms with van der Waals surface area (Å²) in [5, 5.41) is 3.99. The van der Waals surface area contributed by atoms with Gasteiger partial charge < -0.3 is 14.8 Å². The normalized spacial score (nSPS) is 19.9. The van der Waals surface area contributed by atoms with Gasteiger partial charge in [-0.05, 0) is 49.2 Å². The van der Waals surface area contributed by atoms with Crippen LogP contribution in [0.3, 0.4) is 0 Å². The van der Waals surface area contributed by atoms with E-state index in [2.05, 4.69) is 20.2 Å². The zero-order valence-electron chi connectivity index (χ0n) is 19.3. The van der Waals surface area contributed by atoms with Gasteiger partial charge in [-0.1, -0.05) is 6.08 Å². The number of aromatic nitrogens is 2. The van der Waals surface area contributed by atoms with Crippen LogP contribution in [0, 0.1) is 12.7 Å². The Bertz CT molecular complexity index is 1260. The minimum atomic E-state index is -0.262. The number of hydrogen-bond donors (Lipinski definition) is 1. The van der Waals surface area contributed by atoms with Crippen molar-refractivity contribution in [2.45, 2.75) is 31.9 Å². The fraction of sp³-hybridized carbons (Fsp3) is 0.346. The number of methoxy groups -OCH3 is 1. The van der Waals surface area contributed by atoms with Gasteiger partial charge in [0.2, 0.25) is 0 Å². The number of carbonyl (C=O) groups is 1. The fourth-order valence-corrected chi connectivity index (χ4v) is 4.60. The van der Waals surface area contributed by atoms with Crippen LogP contribution in [0.1, 0.15) is 17.5 Å². The lowest BCUT2D eigenvalue weighted by Crippen LogP contribution is -2.49. The van der Waals surface area contributed by atoms with Crippen molar-refractivity contribution in [1.29, 1.82) is 0 Å². The monoisotopic (exact) mass is 462 g/mol. The van der Waals surface area contributed by atoms with Crippen LogP contribution in [-0.4, -0.2) is 59.6 Å². The average Bonchev–Trinajstić information content (AvgIpc) is 3.08. The third kappa shape index (κ3) is 4.51. The van der Waals surface area contributed by atoms with Crippen molar-refractivity contribution in [3.05, 3.63) is 65.8 Å². The van der Waals surface area contributed by atoms with Crippen molar-refractivity contribution in [2.24, 2.45) is 0 Å². The number of ketones is 1. The summed E-state index contributed by atoms with van der Waals surface area (Å²) < 4.78 is 24.7. The Morgan fingerprint density at radius 1 is 1.32 bits per heavy atom. The topological polar surface area (TPSA) is 76.6 Å². The molecular formula is C26H27FN4O3. The number of nitrogens with zero attached hydrogens (tertiary/aromatic N) is 3. The van der Waals surface area contributed by atoms with E-state index in [4.69, 9.17) is 9.47 Å². The highest BCUT2D eigenvalue weighted by atomic mass is 19.1. The maximum absolute atomic E-state index is 13.7. The number of aryl methyl sites for hydroxylation is 1. The first-order valence-electron chi connectivity index (χ1n) is 11.4. The van der Waals surface area contributed by atoms with E-state index < -0.39 is 0 Å². The first-order valence-corrected chi connectivity index (χ1v) is 11.4. The van der Waals surface area contributed by atoms with Crippen LogP contribution in [0.25, 0.3) is 10.9 Å². The zero-order valence-corrected chi connectivity index (χ0v) is 19.3. The Labute approximate surface area is 197 Å². The lowest BCUT2D eigenvalue weighted by atomic mass is 10.0. The number of rotatable bonds is 8. The molecule has 2 fully saturated rings. The molecule has 2 aromatic carbocycles. The van der Waals surface area contributed by atoms with Gasteiger partial charge >= 0.3 is 0 Å². The van der Waals surface area contributed by atoms with Crippen LogP contribution in [0.2, 0.25) is 0 Å². The summed E-state index contributed by atoms with van der Waals surface area (Å²) in [5.41, 5.74) is 2.70. The van der Waals surface area contributed by atoms with E-state index in [9.17, 15) is 9.18 Å². The number of fused-ring (bicyclic) bond motifs is 2. The summed E-state index contributed by atoms with van der Waals surface area (Å²) in [6.07, 6.45) is 6.69. The van der Waals surface area contributed by atoms with Gasteiger partial charge in [0, 0.05) is 42.2 Å². The molecule has 1 N–H and O–H groups in total. The Hall–Kier alpha value is -3.36. The summed E-state index contributed by atoms with van der Waals surface area (Å²) in [7, 11) is 1.58. The van der Waals surface area contributed by atoms with E-state index in [1.165, 1.54) is 12.4 Å². The summed E-state index contributed by atoms with van der Waals surface area (Å²) in [6.45, 7) is 4.26. The molecule has 3 aromatic rings. The molecule has 0 saturated carbocycles. The average molecular weight is 463 g/mol. The number of halogens is 1. The molecule has 8 heteroatoms. The lowest BCUT2D eigenvalue weighted by Gasteiger charge is -2.35. The van der Waals surface area contributed by atoms with E-state index in [1.807, 2.05) is 18.2 Å². The molecule has 0 aliphatic carbocycles. The molecule has 34 heavy (non-hydrogen) atoms. The third-order valence-corrected chi connectivity index (χ3v) is 6.55. The van der Waals surface area contributed by atoms with Crippen molar-refractivity contribution in [3.63, 3.8) is 0 Å². The molecular weight excluding hydrogens is 435 g/mol. The van der Waals surface area contributed by atoms with E-state index in [0.717, 1.165) is 42.8 Å². The minimum Gasteiger partial charge on any atom is -0.496 e. The van der Waals surface area contributed by atoms with Gasteiger partial charge in [-0.15, -0.1) is 0 Å². The highest BCUT2D eigenvalue weighted by Gasteiger charge is 2.41. The van der Waals surface area contributed by atoms with Crippen LogP contribution in [0.15, 0.2) is 48.8 Å². The largest absolute Gasteiger partial charge is 0.496 e. The number of carbonyl (C=O) groups excluding carboxylic acids is 1. The number of likely N-dealkylation sites (tertiary alicyclic amines) is 1. The Kier molecular flexibility index (Phi) is 6.26. The molecule has 0 bridgehead atoms. The van der Waals surface area contributed by atoms with Gasteiger partial charge in [-0.25, -0.2) is 14.4 Å². The number of anilines is 2. The Morgan fingerprint density at radius 2 is 2.21 bits per heavy atom. The van der Waals surface area contributed by atoms with Gasteiger partial charge in [0.1, 0.15) is 23.7 Å². The Balaban J connectivity index is 1.34. The van der Waals surface area contributed by atoms with Crippen LogP contribution < -0.4 is 10.1 Å². The Morgan fingerprint density at radius 3 is 2.94 bits per heavy atom. The summed E-state index contributed by atoms with van der Waals surface area (Å²) in [5.74, 6) is 0.917. The molecule has 5 rings (SSSR count). The number of allylic oxidation sites excluding steroid dienone is 1. The molecule has 2 aliphatic heterocycles. The third-order valence-electron chi connectivity index (χ3n) is 6.55. The molecule has 1 aromatic heterocycles. The highest BCUT2D eigenvalue weighted by Crippen LogP contribution is 2.31.